The molecule has 0 aliphatic carbocycles. The van der Waals surface area contributed by atoms with Crippen molar-refractivity contribution in [2.75, 3.05) is 38.6 Å². The molecule has 3 N–H and O–H groups in total. The van der Waals surface area contributed by atoms with E-state index in [4.69, 9.17) is 15.2 Å². The number of morpholine rings is 1. The number of aryl methyl sites for hydroxylation is 1. The molecule has 1 saturated heterocycles. The van der Waals surface area contributed by atoms with Gasteiger partial charge < -0.3 is 20.3 Å². The maximum Gasteiger partial charge on any atom is 0.344 e. The number of nitrogens with two attached hydrogens (primary N) is 1. The molecule has 0 spiro atoms. The van der Waals surface area contributed by atoms with E-state index >= 15 is 0 Å². The van der Waals surface area contributed by atoms with Gasteiger partial charge >= 0.3 is 5.97 Å². The van der Waals surface area contributed by atoms with Gasteiger partial charge in [0.05, 0.1) is 35.9 Å². The molecule has 1 radical (unpaired) electrons. The van der Waals surface area contributed by atoms with Crippen LogP contribution in [0.1, 0.15) is 39.3 Å². The number of benzene rings is 1. The van der Waals surface area contributed by atoms with Gasteiger partial charge in [0.15, 0.2) is 11.9 Å². The highest BCUT2D eigenvalue weighted by atomic mass is 16.5. The Hall–Kier alpha value is -3.76. The Morgan fingerprint density at radius 1 is 1.22 bits per heavy atom. The Kier molecular flexibility index (Phi) is 7.66. The lowest BCUT2D eigenvalue weighted by Crippen LogP contribution is -2.40. The average Bonchev–Trinajstić information content (AvgIpc) is 3.11. The lowest BCUT2D eigenvalue weighted by Gasteiger charge is -2.28. The molecule has 189 valence electrons. The molecular formula is C26H29N4O6. The minimum atomic E-state index is -1.27. The van der Waals surface area contributed by atoms with Crippen LogP contribution in [0.15, 0.2) is 30.3 Å². The third-order valence-corrected chi connectivity index (χ3v) is 6.49. The van der Waals surface area contributed by atoms with Gasteiger partial charge in [0.25, 0.3) is 6.29 Å². The van der Waals surface area contributed by atoms with Gasteiger partial charge in [0, 0.05) is 32.5 Å². The number of aromatic nitrogens is 2. The number of nitrogen functional groups attached to an aromatic ring is 1. The minimum Gasteiger partial charge on any atom is -0.479 e. The molecule has 36 heavy (non-hydrogen) atoms. The van der Waals surface area contributed by atoms with Crippen LogP contribution in [0, 0.1) is 13.8 Å². The van der Waals surface area contributed by atoms with E-state index in [1.54, 1.807) is 11.4 Å². The van der Waals surface area contributed by atoms with Gasteiger partial charge in [-0.3, -0.25) is 14.5 Å². The number of carbonyl (C=O) groups is 2. The number of ketones is 1. The second-order valence-electron chi connectivity index (χ2n) is 8.82. The molecule has 2 aromatic heterocycles. The quantitative estimate of drug-likeness (QED) is 0.321. The van der Waals surface area contributed by atoms with Crippen molar-refractivity contribution in [1.29, 1.82) is 0 Å². The summed E-state index contributed by atoms with van der Waals surface area (Å²) in [6, 6.07) is 9.74. The minimum absolute atomic E-state index is 0.0647. The zero-order valence-corrected chi connectivity index (χ0v) is 20.3. The Morgan fingerprint density at radius 3 is 2.56 bits per heavy atom. The summed E-state index contributed by atoms with van der Waals surface area (Å²) in [5, 5.41) is 14.5. The van der Waals surface area contributed by atoms with Crippen molar-refractivity contribution in [3.63, 3.8) is 0 Å². The van der Waals surface area contributed by atoms with E-state index in [2.05, 4.69) is 10.00 Å². The van der Waals surface area contributed by atoms with Crippen molar-refractivity contribution in [1.82, 2.24) is 14.5 Å². The third kappa shape index (κ3) is 5.09. The van der Waals surface area contributed by atoms with Crippen LogP contribution in [0.4, 0.5) is 5.69 Å². The molecule has 1 aliphatic rings. The molecule has 0 saturated carbocycles. The van der Waals surface area contributed by atoms with Crippen LogP contribution in [0.2, 0.25) is 0 Å². The fourth-order valence-corrected chi connectivity index (χ4v) is 4.48. The second-order valence-corrected chi connectivity index (χ2v) is 8.82. The summed E-state index contributed by atoms with van der Waals surface area (Å²) >= 11 is 0. The summed E-state index contributed by atoms with van der Waals surface area (Å²) in [7, 11) is 0. The van der Waals surface area contributed by atoms with Crippen LogP contribution in [0.3, 0.4) is 0 Å². The van der Waals surface area contributed by atoms with Gasteiger partial charge in [0.2, 0.25) is 5.78 Å². The molecule has 1 aliphatic heterocycles. The number of anilines is 1. The zero-order valence-electron chi connectivity index (χ0n) is 20.3. The van der Waals surface area contributed by atoms with Gasteiger partial charge in [-0.1, -0.05) is 30.3 Å². The lowest BCUT2D eigenvalue weighted by molar-refractivity contribution is -0.145. The van der Waals surface area contributed by atoms with E-state index in [1.807, 2.05) is 37.3 Å². The Morgan fingerprint density at radius 2 is 1.92 bits per heavy atom. The van der Waals surface area contributed by atoms with Gasteiger partial charge in [0.1, 0.15) is 5.52 Å². The summed E-state index contributed by atoms with van der Waals surface area (Å²) in [5.74, 6) is -2.22. The molecule has 10 heteroatoms. The number of nitrogens with zero attached hydrogens (tertiary/aromatic N) is 3. The van der Waals surface area contributed by atoms with Crippen molar-refractivity contribution in [2.24, 2.45) is 0 Å². The predicted molar refractivity (Wildman–Crippen MR) is 132 cm³/mol. The first-order chi connectivity index (χ1) is 17.3. The van der Waals surface area contributed by atoms with E-state index in [-0.39, 0.29) is 28.9 Å². The van der Waals surface area contributed by atoms with Crippen LogP contribution in [0.25, 0.3) is 5.52 Å². The molecule has 4 rings (SSSR count). The molecule has 1 unspecified atom stereocenters. The summed E-state index contributed by atoms with van der Waals surface area (Å²) in [5.41, 5.74) is 9.66. The first kappa shape index (κ1) is 25.3. The highest BCUT2D eigenvalue weighted by molar-refractivity contribution is 6.35. The van der Waals surface area contributed by atoms with Crippen molar-refractivity contribution in [3.8, 4) is 5.75 Å². The van der Waals surface area contributed by atoms with E-state index in [1.165, 1.54) is 6.29 Å². The molecule has 0 amide bonds. The number of carboxylic acid groups (broad SMARTS) is 1. The fourth-order valence-electron chi connectivity index (χ4n) is 4.48. The molecule has 0 bridgehead atoms. The first-order valence-corrected chi connectivity index (χ1v) is 11.8. The standard InChI is InChI=1S/C26H29N4O6/c1-16-19(14-18-6-4-3-5-7-18)30-24(23(16)27)25(22(17(2)28-30)20(32)15-31)36-21(26(33)34)8-9-29-10-12-35-13-11-29/h3-7,21H,8-14,27H2,1-2H3,(H,33,34). The van der Waals surface area contributed by atoms with Crippen LogP contribution >= 0.6 is 0 Å². The topological polar surface area (TPSA) is 136 Å². The number of aliphatic carboxylic acids is 1. The summed E-state index contributed by atoms with van der Waals surface area (Å²) in [6.07, 6.45) is 0.759. The summed E-state index contributed by atoms with van der Waals surface area (Å²) in [6.45, 7) is 6.44. The Balaban J connectivity index is 1.79. The van der Waals surface area contributed by atoms with Crippen molar-refractivity contribution in [2.45, 2.75) is 32.8 Å². The average molecular weight is 494 g/mol. The van der Waals surface area contributed by atoms with Crippen molar-refractivity contribution < 1.29 is 29.0 Å². The molecule has 1 fully saturated rings. The molecule has 3 aromatic rings. The Labute approximate surface area is 208 Å². The van der Waals surface area contributed by atoms with Gasteiger partial charge in [-0.05, 0) is 25.0 Å². The monoisotopic (exact) mass is 493 g/mol. The van der Waals surface area contributed by atoms with Gasteiger partial charge in [-0.25, -0.2) is 9.31 Å². The maximum atomic E-state index is 12.6. The van der Waals surface area contributed by atoms with Crippen LogP contribution in [0.5, 0.6) is 5.75 Å². The third-order valence-electron chi connectivity index (χ3n) is 6.49. The molecular weight excluding hydrogens is 464 g/mol. The van der Waals surface area contributed by atoms with Crippen molar-refractivity contribution in [3.05, 3.63) is 58.4 Å². The number of Topliss-reactive ketones (excluding diaryl/α,β-unsaturated/α-hetero) is 1. The number of ether oxygens (including phenoxy) is 2. The summed E-state index contributed by atoms with van der Waals surface area (Å²) < 4.78 is 13.0. The number of fused-ring (bicyclic) bond motifs is 1. The van der Waals surface area contributed by atoms with E-state index in [9.17, 15) is 19.5 Å². The predicted octanol–water partition coefficient (Wildman–Crippen LogP) is 1.97. The number of rotatable bonds is 10. The first-order valence-electron chi connectivity index (χ1n) is 11.8. The van der Waals surface area contributed by atoms with Crippen LogP contribution < -0.4 is 10.5 Å². The fraction of sp³-hybridized carbons (Fsp3) is 0.385. The smallest absolute Gasteiger partial charge is 0.344 e. The normalized spacial score (nSPS) is 15.1. The second kappa shape index (κ2) is 10.9. The van der Waals surface area contributed by atoms with Crippen LogP contribution in [-0.4, -0.2) is 76.6 Å². The van der Waals surface area contributed by atoms with Gasteiger partial charge in [-0.15, -0.1) is 0 Å². The van der Waals surface area contributed by atoms with E-state index in [0.717, 1.165) is 16.8 Å². The number of hydrogen-bond acceptors (Lipinski definition) is 8. The molecule has 10 nitrogen and oxygen atoms in total. The van der Waals surface area contributed by atoms with Crippen molar-refractivity contribution >= 4 is 29.2 Å². The SMILES string of the molecule is Cc1nn2c(Cc3ccccc3)c(C)c(N)c2c(OC(CCN2CCOCC2)C(=O)O)c1C(=O)[C]=O. The van der Waals surface area contributed by atoms with E-state index in [0.29, 0.717) is 45.0 Å². The number of hydrogen-bond donors (Lipinski definition) is 2. The van der Waals surface area contributed by atoms with E-state index < -0.39 is 17.9 Å². The number of carboxylic acids is 1. The largest absolute Gasteiger partial charge is 0.479 e. The highest BCUT2D eigenvalue weighted by Crippen LogP contribution is 2.37. The maximum absolute atomic E-state index is 12.6. The summed E-state index contributed by atoms with van der Waals surface area (Å²) in [4.78, 5) is 38.2. The van der Waals surface area contributed by atoms with Gasteiger partial charge in [-0.2, -0.15) is 5.10 Å². The molecule has 1 atom stereocenters. The highest BCUT2D eigenvalue weighted by Gasteiger charge is 2.30. The molecule has 1 aromatic carbocycles. The molecule has 3 heterocycles. The van der Waals surface area contributed by atoms with Crippen LogP contribution in [-0.2, 0) is 20.7 Å². The Bertz CT molecular complexity index is 1280. The lowest BCUT2D eigenvalue weighted by atomic mass is 10.1. The zero-order chi connectivity index (χ0) is 25.8. The number of carbonyl (C=O) groups excluding carboxylic acids is 2.